The number of alkyl halides is 3. The minimum atomic E-state index is -4.25. The molecule has 1 aromatic rings. The van der Waals surface area contributed by atoms with Gasteiger partial charge in [-0.1, -0.05) is 26.0 Å². The molecule has 1 fully saturated rings. The molecule has 4 heteroatoms. The zero-order valence-corrected chi connectivity index (χ0v) is 12.8. The van der Waals surface area contributed by atoms with Gasteiger partial charge in [-0.05, 0) is 55.2 Å². The van der Waals surface area contributed by atoms with E-state index in [1.54, 1.807) is 12.1 Å². The lowest BCUT2D eigenvalue weighted by Crippen LogP contribution is -2.36. The second-order valence-corrected chi connectivity index (χ2v) is 6.23. The second-order valence-electron chi connectivity index (χ2n) is 6.23. The van der Waals surface area contributed by atoms with Crippen molar-refractivity contribution in [3.63, 3.8) is 0 Å². The standard InChI is InChI=1S/C17H24F3N/c1-3-16(4-2,12-21-15-9-10-15)11-13-5-7-14(8-6-13)17(18,19)20/h5-8,15,21H,3-4,9-12H2,1-2H3. The van der Waals surface area contributed by atoms with Crippen LogP contribution in [0.4, 0.5) is 13.2 Å². The minimum Gasteiger partial charge on any atom is -0.313 e. The molecule has 1 nitrogen and oxygen atoms in total. The van der Waals surface area contributed by atoms with Crippen molar-refractivity contribution in [1.82, 2.24) is 5.32 Å². The van der Waals surface area contributed by atoms with Gasteiger partial charge in [0, 0.05) is 12.6 Å². The van der Waals surface area contributed by atoms with Crippen molar-refractivity contribution in [2.75, 3.05) is 6.54 Å². The average molecular weight is 299 g/mol. The van der Waals surface area contributed by atoms with Crippen LogP contribution in [-0.4, -0.2) is 12.6 Å². The van der Waals surface area contributed by atoms with E-state index in [1.165, 1.54) is 25.0 Å². The predicted molar refractivity (Wildman–Crippen MR) is 79.2 cm³/mol. The first-order chi connectivity index (χ1) is 9.88. The van der Waals surface area contributed by atoms with Crippen molar-refractivity contribution >= 4 is 0 Å². The summed E-state index contributed by atoms with van der Waals surface area (Å²) in [7, 11) is 0. The number of nitrogens with one attached hydrogen (secondary N) is 1. The molecule has 2 rings (SSSR count). The Kier molecular flexibility index (Phi) is 4.97. The van der Waals surface area contributed by atoms with Gasteiger partial charge in [0.2, 0.25) is 0 Å². The summed E-state index contributed by atoms with van der Waals surface area (Å²) < 4.78 is 37.8. The lowest BCUT2D eigenvalue weighted by molar-refractivity contribution is -0.137. The summed E-state index contributed by atoms with van der Waals surface area (Å²) in [4.78, 5) is 0. The molecule has 0 saturated heterocycles. The van der Waals surface area contributed by atoms with Crippen LogP contribution in [0.5, 0.6) is 0 Å². The van der Waals surface area contributed by atoms with Gasteiger partial charge in [0.25, 0.3) is 0 Å². The van der Waals surface area contributed by atoms with Crippen LogP contribution < -0.4 is 5.32 Å². The van der Waals surface area contributed by atoms with Crippen molar-refractivity contribution in [3.05, 3.63) is 35.4 Å². The van der Waals surface area contributed by atoms with Crippen LogP contribution in [0.2, 0.25) is 0 Å². The topological polar surface area (TPSA) is 12.0 Å². The monoisotopic (exact) mass is 299 g/mol. The highest BCUT2D eigenvalue weighted by Crippen LogP contribution is 2.34. The maximum atomic E-state index is 12.6. The third-order valence-corrected chi connectivity index (χ3v) is 4.70. The smallest absolute Gasteiger partial charge is 0.313 e. The molecule has 0 aromatic heterocycles. The molecular weight excluding hydrogens is 275 g/mol. The van der Waals surface area contributed by atoms with E-state index in [0.717, 1.165) is 31.4 Å². The Morgan fingerprint density at radius 1 is 1.05 bits per heavy atom. The fourth-order valence-electron chi connectivity index (χ4n) is 2.71. The van der Waals surface area contributed by atoms with E-state index in [9.17, 15) is 13.2 Å². The summed E-state index contributed by atoms with van der Waals surface area (Å²) in [6.07, 6.45) is 1.15. The zero-order valence-electron chi connectivity index (χ0n) is 12.8. The van der Waals surface area contributed by atoms with Gasteiger partial charge in [0.1, 0.15) is 0 Å². The third kappa shape index (κ3) is 4.47. The van der Waals surface area contributed by atoms with Crippen LogP contribution in [0.15, 0.2) is 24.3 Å². The van der Waals surface area contributed by atoms with Gasteiger partial charge in [-0.2, -0.15) is 13.2 Å². The van der Waals surface area contributed by atoms with Gasteiger partial charge in [-0.25, -0.2) is 0 Å². The van der Waals surface area contributed by atoms with Crippen LogP contribution in [-0.2, 0) is 12.6 Å². The number of rotatable bonds is 7. The van der Waals surface area contributed by atoms with E-state index in [1.807, 2.05) is 0 Å². The first-order valence-electron chi connectivity index (χ1n) is 7.78. The van der Waals surface area contributed by atoms with Gasteiger partial charge in [-0.15, -0.1) is 0 Å². The van der Waals surface area contributed by atoms with Crippen molar-refractivity contribution in [2.45, 2.75) is 58.2 Å². The van der Waals surface area contributed by atoms with Gasteiger partial charge >= 0.3 is 6.18 Å². The van der Waals surface area contributed by atoms with Crippen molar-refractivity contribution in [3.8, 4) is 0 Å². The van der Waals surface area contributed by atoms with E-state index in [0.29, 0.717) is 6.04 Å². The molecule has 0 spiro atoms. The van der Waals surface area contributed by atoms with Crippen LogP contribution >= 0.6 is 0 Å². The number of hydrogen-bond donors (Lipinski definition) is 1. The second kappa shape index (κ2) is 6.39. The van der Waals surface area contributed by atoms with Gasteiger partial charge < -0.3 is 5.32 Å². The Labute approximate surface area is 124 Å². The molecule has 21 heavy (non-hydrogen) atoms. The van der Waals surface area contributed by atoms with Crippen LogP contribution in [0.1, 0.15) is 50.7 Å². The quantitative estimate of drug-likeness (QED) is 0.762. The summed E-state index contributed by atoms with van der Waals surface area (Å²) in [5, 5.41) is 3.58. The summed E-state index contributed by atoms with van der Waals surface area (Å²) in [6, 6.07) is 6.30. The molecule has 0 amide bonds. The molecule has 1 saturated carbocycles. The molecule has 1 aliphatic rings. The Morgan fingerprint density at radius 3 is 2.05 bits per heavy atom. The fourth-order valence-corrected chi connectivity index (χ4v) is 2.71. The van der Waals surface area contributed by atoms with Gasteiger partial charge in [-0.3, -0.25) is 0 Å². The normalized spacial score (nSPS) is 16.2. The van der Waals surface area contributed by atoms with E-state index >= 15 is 0 Å². The molecule has 118 valence electrons. The van der Waals surface area contributed by atoms with Crippen molar-refractivity contribution < 1.29 is 13.2 Å². The average Bonchev–Trinajstić information content (AvgIpc) is 3.27. The van der Waals surface area contributed by atoms with Crippen LogP contribution in [0.3, 0.4) is 0 Å². The Bertz CT molecular complexity index is 442. The number of benzene rings is 1. The summed E-state index contributed by atoms with van der Waals surface area (Å²) in [6.45, 7) is 5.29. The Hall–Kier alpha value is -1.03. The molecular formula is C17H24F3N. The molecule has 1 aliphatic carbocycles. The minimum absolute atomic E-state index is 0.141. The van der Waals surface area contributed by atoms with Crippen LogP contribution in [0.25, 0.3) is 0 Å². The summed E-state index contributed by atoms with van der Waals surface area (Å²) >= 11 is 0. The molecule has 0 bridgehead atoms. The molecule has 0 aliphatic heterocycles. The zero-order chi connectivity index (χ0) is 15.5. The largest absolute Gasteiger partial charge is 0.416 e. The third-order valence-electron chi connectivity index (χ3n) is 4.70. The van der Waals surface area contributed by atoms with E-state index in [2.05, 4.69) is 19.2 Å². The van der Waals surface area contributed by atoms with E-state index < -0.39 is 11.7 Å². The molecule has 0 radical (unpaired) electrons. The first-order valence-corrected chi connectivity index (χ1v) is 7.78. The highest BCUT2D eigenvalue weighted by Gasteiger charge is 2.32. The highest BCUT2D eigenvalue weighted by molar-refractivity contribution is 5.25. The van der Waals surface area contributed by atoms with Crippen molar-refractivity contribution in [1.29, 1.82) is 0 Å². The Balaban J connectivity index is 2.04. The van der Waals surface area contributed by atoms with Gasteiger partial charge in [0.15, 0.2) is 0 Å². The van der Waals surface area contributed by atoms with Gasteiger partial charge in [0.05, 0.1) is 5.56 Å². The molecule has 1 aromatic carbocycles. The Morgan fingerprint density at radius 2 is 1.62 bits per heavy atom. The number of halogens is 3. The molecule has 0 unspecified atom stereocenters. The SMILES string of the molecule is CCC(CC)(CNC1CC1)Cc1ccc(C(F)(F)F)cc1. The predicted octanol–water partition coefficient (Wildman–Crippen LogP) is 4.81. The lowest BCUT2D eigenvalue weighted by atomic mass is 9.76. The van der Waals surface area contributed by atoms with E-state index in [4.69, 9.17) is 0 Å². The molecule has 0 heterocycles. The highest BCUT2D eigenvalue weighted by atomic mass is 19.4. The van der Waals surface area contributed by atoms with E-state index in [-0.39, 0.29) is 5.41 Å². The number of hydrogen-bond acceptors (Lipinski definition) is 1. The maximum absolute atomic E-state index is 12.6. The van der Waals surface area contributed by atoms with Crippen molar-refractivity contribution in [2.24, 2.45) is 5.41 Å². The maximum Gasteiger partial charge on any atom is 0.416 e. The fraction of sp³-hybridized carbons (Fsp3) is 0.647. The first kappa shape index (κ1) is 16.3. The molecule has 0 atom stereocenters. The summed E-state index contributed by atoms with van der Waals surface area (Å²) in [5.74, 6) is 0. The molecule has 1 N–H and O–H groups in total. The summed E-state index contributed by atoms with van der Waals surface area (Å²) in [5.41, 5.74) is 0.563. The van der Waals surface area contributed by atoms with Crippen LogP contribution in [0, 0.1) is 5.41 Å². The lowest BCUT2D eigenvalue weighted by Gasteiger charge is -2.32.